The van der Waals surface area contributed by atoms with E-state index in [1.807, 2.05) is 29.2 Å². The van der Waals surface area contributed by atoms with E-state index in [2.05, 4.69) is 42.1 Å². The van der Waals surface area contributed by atoms with Crippen molar-refractivity contribution >= 4 is 11.7 Å². The maximum absolute atomic E-state index is 14.4. The van der Waals surface area contributed by atoms with Gasteiger partial charge in [-0.1, -0.05) is 27.2 Å². The van der Waals surface area contributed by atoms with Gasteiger partial charge in [0.25, 0.3) is 5.91 Å². The Balaban J connectivity index is 1.37. The van der Waals surface area contributed by atoms with E-state index < -0.39 is 6.04 Å². The second kappa shape index (κ2) is 11.2. The molecule has 7 nitrogen and oxygen atoms in total. The molecule has 7 rings (SSSR count). The smallest absolute Gasteiger partial charge is 0.251 e. The Morgan fingerprint density at radius 2 is 1.67 bits per heavy atom. The van der Waals surface area contributed by atoms with Gasteiger partial charge in [-0.05, 0) is 102 Å². The predicted molar refractivity (Wildman–Crippen MR) is 160 cm³/mol. The van der Waals surface area contributed by atoms with Gasteiger partial charge >= 0.3 is 0 Å². The minimum absolute atomic E-state index is 0.0270. The monoisotopic (exact) mass is 559 g/mol. The number of hydrogen-bond donors (Lipinski definition) is 1. The second-order valence-electron chi connectivity index (χ2n) is 12.6. The van der Waals surface area contributed by atoms with Crippen LogP contribution in [0.25, 0.3) is 0 Å². The van der Waals surface area contributed by atoms with Crippen LogP contribution in [-0.2, 0) is 4.79 Å². The van der Waals surface area contributed by atoms with Crippen molar-refractivity contribution in [2.24, 2.45) is 29.1 Å². The van der Waals surface area contributed by atoms with Crippen LogP contribution in [0.4, 0.5) is 0 Å². The first-order chi connectivity index (χ1) is 20.3. The van der Waals surface area contributed by atoms with E-state index in [1.165, 1.54) is 6.42 Å². The Morgan fingerprint density at radius 3 is 2.21 bits per heavy atom. The third-order valence-electron chi connectivity index (χ3n) is 10.3. The SMILES string of the molecule is CCC1C(CN2C(=O)C(C(c3ccncc3)c3ccncc3)NC2=CC(=O)c2ccc(C#N)cc2)CC2CC1C2(C)C. The molecular weight excluding hydrogens is 522 g/mol. The molecule has 4 fully saturated rings. The summed E-state index contributed by atoms with van der Waals surface area (Å²) >= 11 is 0. The van der Waals surface area contributed by atoms with Crippen molar-refractivity contribution < 1.29 is 9.59 Å². The van der Waals surface area contributed by atoms with Crippen LogP contribution in [0.15, 0.2) is 85.2 Å². The Hall–Kier alpha value is -4.31. The van der Waals surface area contributed by atoms with E-state index in [0.717, 1.165) is 24.0 Å². The zero-order valence-corrected chi connectivity index (χ0v) is 24.4. The molecule has 1 saturated heterocycles. The molecule has 3 saturated carbocycles. The number of pyridine rings is 2. The number of amides is 1. The molecule has 2 aromatic heterocycles. The molecule has 1 N–H and O–H groups in total. The van der Waals surface area contributed by atoms with Gasteiger partial charge in [0.2, 0.25) is 0 Å². The molecule has 3 heterocycles. The summed E-state index contributed by atoms with van der Waals surface area (Å²) in [4.78, 5) is 38.1. The van der Waals surface area contributed by atoms with Gasteiger partial charge in [0.05, 0.1) is 11.6 Å². The molecule has 1 amide bonds. The van der Waals surface area contributed by atoms with E-state index in [0.29, 0.717) is 52.6 Å². The van der Waals surface area contributed by atoms with Crippen LogP contribution in [-0.4, -0.2) is 39.1 Å². The lowest BCUT2D eigenvalue weighted by molar-refractivity contribution is -0.144. The number of carbonyl (C=O) groups excluding carboxylic acids is 2. The topological polar surface area (TPSA) is 99.0 Å². The number of carbonyl (C=O) groups is 2. The molecule has 4 aliphatic rings. The molecule has 1 aromatic carbocycles. The number of ketones is 1. The number of rotatable bonds is 8. The molecule has 0 radical (unpaired) electrons. The molecule has 5 unspecified atom stereocenters. The highest BCUT2D eigenvalue weighted by atomic mass is 16.2. The minimum Gasteiger partial charge on any atom is -0.359 e. The minimum atomic E-state index is -0.593. The highest BCUT2D eigenvalue weighted by Crippen LogP contribution is 2.63. The molecule has 0 spiro atoms. The molecule has 5 atom stereocenters. The average Bonchev–Trinajstić information content (AvgIpc) is 3.31. The fraction of sp³-hybridized carbons (Fsp3) is 0.400. The van der Waals surface area contributed by atoms with Gasteiger partial charge in [-0.25, -0.2) is 0 Å². The molecule has 7 heteroatoms. The molecular formula is C35H37N5O2. The van der Waals surface area contributed by atoms with Crippen LogP contribution in [0.1, 0.15) is 73.0 Å². The van der Waals surface area contributed by atoms with Crippen LogP contribution in [0.5, 0.6) is 0 Å². The summed E-state index contributed by atoms with van der Waals surface area (Å²) in [5, 5.41) is 12.7. The molecule has 214 valence electrons. The Morgan fingerprint density at radius 1 is 1.05 bits per heavy atom. The Bertz CT molecular complexity index is 1490. The Labute approximate surface area is 247 Å². The van der Waals surface area contributed by atoms with E-state index in [-0.39, 0.29) is 17.6 Å². The van der Waals surface area contributed by atoms with Gasteiger partial charge < -0.3 is 5.32 Å². The van der Waals surface area contributed by atoms with Gasteiger partial charge in [0.15, 0.2) is 5.78 Å². The lowest BCUT2D eigenvalue weighted by Gasteiger charge is -2.63. The van der Waals surface area contributed by atoms with E-state index in [9.17, 15) is 14.9 Å². The zero-order valence-electron chi connectivity index (χ0n) is 24.4. The van der Waals surface area contributed by atoms with Gasteiger partial charge in [-0.3, -0.25) is 24.5 Å². The third kappa shape index (κ3) is 4.89. The number of benzene rings is 1. The van der Waals surface area contributed by atoms with E-state index >= 15 is 0 Å². The highest BCUT2D eigenvalue weighted by molar-refractivity contribution is 6.05. The first-order valence-electron chi connectivity index (χ1n) is 15.0. The summed E-state index contributed by atoms with van der Waals surface area (Å²) in [6.07, 6.45) is 12.0. The number of allylic oxidation sites excluding steroid dienone is 1. The molecule has 3 aromatic rings. The lowest BCUT2D eigenvalue weighted by atomic mass is 9.43. The van der Waals surface area contributed by atoms with Crippen molar-refractivity contribution in [3.63, 3.8) is 0 Å². The molecule has 3 aliphatic carbocycles. The van der Waals surface area contributed by atoms with Gasteiger partial charge in [0, 0.05) is 48.9 Å². The third-order valence-corrected chi connectivity index (χ3v) is 10.3. The zero-order chi connectivity index (χ0) is 29.4. The summed E-state index contributed by atoms with van der Waals surface area (Å²) in [5.74, 6) is 2.29. The number of fused-ring (bicyclic) bond motifs is 2. The number of aromatic nitrogens is 2. The van der Waals surface area contributed by atoms with Gasteiger partial charge in [0.1, 0.15) is 11.9 Å². The summed E-state index contributed by atoms with van der Waals surface area (Å²) in [6, 6.07) is 15.9. The van der Waals surface area contributed by atoms with Crippen molar-refractivity contribution in [3.05, 3.63) is 107 Å². The molecule has 42 heavy (non-hydrogen) atoms. The van der Waals surface area contributed by atoms with Crippen molar-refractivity contribution in [2.45, 2.75) is 52.0 Å². The first kappa shape index (κ1) is 27.8. The molecule has 2 bridgehead atoms. The number of nitriles is 1. The van der Waals surface area contributed by atoms with Gasteiger partial charge in [-0.15, -0.1) is 0 Å². The van der Waals surface area contributed by atoms with Gasteiger partial charge in [-0.2, -0.15) is 5.26 Å². The fourth-order valence-electron chi connectivity index (χ4n) is 7.87. The summed E-state index contributed by atoms with van der Waals surface area (Å²) in [7, 11) is 0. The van der Waals surface area contributed by atoms with Crippen molar-refractivity contribution in [3.8, 4) is 6.07 Å². The quantitative estimate of drug-likeness (QED) is 0.280. The van der Waals surface area contributed by atoms with E-state index in [1.54, 1.807) is 55.1 Å². The fourth-order valence-corrected chi connectivity index (χ4v) is 7.87. The summed E-state index contributed by atoms with van der Waals surface area (Å²) < 4.78 is 0. The highest BCUT2D eigenvalue weighted by Gasteiger charge is 2.57. The van der Waals surface area contributed by atoms with Crippen LogP contribution >= 0.6 is 0 Å². The maximum atomic E-state index is 14.4. The largest absolute Gasteiger partial charge is 0.359 e. The number of nitrogens with one attached hydrogen (secondary N) is 1. The van der Waals surface area contributed by atoms with Crippen LogP contribution < -0.4 is 5.32 Å². The van der Waals surface area contributed by atoms with Crippen molar-refractivity contribution in [1.82, 2.24) is 20.2 Å². The van der Waals surface area contributed by atoms with E-state index in [4.69, 9.17) is 0 Å². The maximum Gasteiger partial charge on any atom is 0.251 e. The predicted octanol–water partition coefficient (Wildman–Crippen LogP) is 5.71. The van der Waals surface area contributed by atoms with Crippen LogP contribution in [0.3, 0.4) is 0 Å². The Kier molecular flexibility index (Phi) is 7.40. The average molecular weight is 560 g/mol. The number of nitrogens with zero attached hydrogens (tertiary/aromatic N) is 4. The summed E-state index contributed by atoms with van der Waals surface area (Å²) in [5.41, 5.74) is 3.26. The first-order valence-corrected chi connectivity index (χ1v) is 15.0. The standard InChI is InChI=1S/C35H37N5O2/c1-4-28-26(17-27-18-29(28)35(27,2)3)21-40-31(19-30(41)23-7-5-22(20-36)6-8-23)39-33(34(40)42)32(24-9-13-37-14-10-24)25-11-15-38-16-12-25/h5-16,19,26-29,32-33,39H,4,17-18,21H2,1-3H3. The summed E-state index contributed by atoms with van der Waals surface area (Å²) in [6.45, 7) is 7.67. The van der Waals surface area contributed by atoms with Crippen molar-refractivity contribution in [1.29, 1.82) is 5.26 Å². The normalized spacial score (nSPS) is 26.9. The van der Waals surface area contributed by atoms with Crippen LogP contribution in [0.2, 0.25) is 0 Å². The van der Waals surface area contributed by atoms with Crippen LogP contribution in [0, 0.1) is 40.4 Å². The molecule has 1 aliphatic heterocycles. The lowest BCUT2D eigenvalue weighted by Crippen LogP contribution is -2.57. The number of hydrogen-bond acceptors (Lipinski definition) is 6. The van der Waals surface area contributed by atoms with Crippen molar-refractivity contribution in [2.75, 3.05) is 6.54 Å². The second-order valence-corrected chi connectivity index (χ2v) is 12.6.